The number of esters is 1. The molecule has 0 saturated carbocycles. The van der Waals surface area contributed by atoms with E-state index in [1.54, 1.807) is 35.8 Å². The standard InChI is InChI=1S/C22H27N5O4/c1-5-31-20(28)12-16(3)27-17(4)14-23-25-22(27)24-19-13-18(7-6-15(19)2)21(29)26-8-10-30-11-9-26/h6-7,12-14H,4-5,8-11H2,1-3H3,(H,24,25)/b16-12+. The number of amides is 1. The predicted molar refractivity (Wildman–Crippen MR) is 118 cm³/mol. The highest BCUT2D eigenvalue weighted by Gasteiger charge is 2.22. The summed E-state index contributed by atoms with van der Waals surface area (Å²) in [5, 5.41) is 4.07. The first kappa shape index (κ1) is 22.2. The summed E-state index contributed by atoms with van der Waals surface area (Å²) in [5.74, 6) is -0.146. The van der Waals surface area contributed by atoms with Crippen molar-refractivity contribution in [1.82, 2.24) is 15.2 Å². The molecule has 1 aromatic rings. The van der Waals surface area contributed by atoms with E-state index in [4.69, 9.17) is 9.47 Å². The van der Waals surface area contributed by atoms with E-state index < -0.39 is 5.97 Å². The Morgan fingerprint density at radius 1 is 1.35 bits per heavy atom. The van der Waals surface area contributed by atoms with Crippen LogP contribution in [0.3, 0.4) is 0 Å². The van der Waals surface area contributed by atoms with Gasteiger partial charge in [0.25, 0.3) is 5.91 Å². The molecule has 0 aliphatic carbocycles. The fourth-order valence-electron chi connectivity index (χ4n) is 3.22. The number of rotatable bonds is 5. The highest BCUT2D eigenvalue weighted by molar-refractivity contribution is 5.98. The van der Waals surface area contributed by atoms with Crippen LogP contribution in [-0.4, -0.2) is 66.8 Å². The summed E-state index contributed by atoms with van der Waals surface area (Å²) in [6.45, 7) is 11.9. The van der Waals surface area contributed by atoms with Crippen LogP contribution in [0.4, 0.5) is 5.69 Å². The van der Waals surface area contributed by atoms with Gasteiger partial charge in [0, 0.05) is 30.4 Å². The maximum absolute atomic E-state index is 12.9. The van der Waals surface area contributed by atoms with Gasteiger partial charge in [-0.2, -0.15) is 5.10 Å². The Balaban J connectivity index is 1.92. The molecule has 2 heterocycles. The van der Waals surface area contributed by atoms with Crippen LogP contribution >= 0.6 is 0 Å². The van der Waals surface area contributed by atoms with E-state index in [1.807, 2.05) is 13.0 Å². The second kappa shape index (κ2) is 10.0. The average molecular weight is 425 g/mol. The molecule has 2 aliphatic rings. The van der Waals surface area contributed by atoms with Gasteiger partial charge in [0.1, 0.15) is 0 Å². The van der Waals surface area contributed by atoms with Gasteiger partial charge in [0.05, 0.1) is 37.4 Å². The summed E-state index contributed by atoms with van der Waals surface area (Å²) in [4.78, 5) is 32.9. The summed E-state index contributed by atoms with van der Waals surface area (Å²) in [7, 11) is 0. The first-order chi connectivity index (χ1) is 14.9. The van der Waals surface area contributed by atoms with Crippen molar-refractivity contribution in [3.63, 3.8) is 0 Å². The molecule has 1 saturated heterocycles. The van der Waals surface area contributed by atoms with Crippen molar-refractivity contribution < 1.29 is 19.1 Å². The van der Waals surface area contributed by atoms with E-state index in [0.717, 1.165) is 5.56 Å². The minimum Gasteiger partial charge on any atom is -0.463 e. The molecule has 2 aliphatic heterocycles. The van der Waals surface area contributed by atoms with Crippen LogP contribution in [0, 0.1) is 6.92 Å². The molecule has 9 heteroatoms. The Labute approximate surface area is 181 Å². The monoisotopic (exact) mass is 425 g/mol. The molecular formula is C22H27N5O4. The van der Waals surface area contributed by atoms with E-state index in [-0.39, 0.29) is 12.5 Å². The van der Waals surface area contributed by atoms with Crippen LogP contribution in [-0.2, 0) is 14.3 Å². The van der Waals surface area contributed by atoms with Gasteiger partial charge in [-0.1, -0.05) is 12.6 Å². The zero-order valence-corrected chi connectivity index (χ0v) is 18.1. The second-order valence-corrected chi connectivity index (χ2v) is 7.08. The topological polar surface area (TPSA) is 95.8 Å². The van der Waals surface area contributed by atoms with E-state index in [2.05, 4.69) is 22.1 Å². The first-order valence-electron chi connectivity index (χ1n) is 10.1. The molecule has 0 atom stereocenters. The van der Waals surface area contributed by atoms with Crippen molar-refractivity contribution in [3.05, 3.63) is 53.4 Å². The summed E-state index contributed by atoms with van der Waals surface area (Å²) in [5.41, 5.74) is 6.01. The number of morpholine rings is 1. The molecule has 164 valence electrons. The molecular weight excluding hydrogens is 398 g/mol. The van der Waals surface area contributed by atoms with Crippen molar-refractivity contribution in [2.24, 2.45) is 10.1 Å². The predicted octanol–water partition coefficient (Wildman–Crippen LogP) is 2.33. The molecule has 0 spiro atoms. The van der Waals surface area contributed by atoms with Crippen LogP contribution < -0.4 is 5.43 Å². The van der Waals surface area contributed by atoms with Crippen LogP contribution in [0.5, 0.6) is 0 Å². The van der Waals surface area contributed by atoms with Crippen LogP contribution in [0.15, 0.2) is 52.3 Å². The molecule has 0 aromatic heterocycles. The van der Waals surface area contributed by atoms with Crippen LogP contribution in [0.1, 0.15) is 29.8 Å². The highest BCUT2D eigenvalue weighted by Crippen LogP contribution is 2.24. The van der Waals surface area contributed by atoms with Gasteiger partial charge in [-0.3, -0.25) is 9.69 Å². The molecule has 1 aromatic carbocycles. The largest absolute Gasteiger partial charge is 0.463 e. The fourth-order valence-corrected chi connectivity index (χ4v) is 3.22. The molecule has 31 heavy (non-hydrogen) atoms. The van der Waals surface area contributed by atoms with Gasteiger partial charge in [0.2, 0.25) is 5.96 Å². The Hall–Kier alpha value is -3.46. The zero-order valence-electron chi connectivity index (χ0n) is 18.1. The zero-order chi connectivity index (χ0) is 22.4. The van der Waals surface area contributed by atoms with Crippen molar-refractivity contribution in [1.29, 1.82) is 0 Å². The lowest BCUT2D eigenvalue weighted by atomic mass is 10.1. The normalized spacial score (nSPS) is 18.2. The lowest BCUT2D eigenvalue weighted by Gasteiger charge is -2.29. The summed E-state index contributed by atoms with van der Waals surface area (Å²) in [6, 6.07) is 5.41. The second-order valence-electron chi connectivity index (χ2n) is 7.08. The third-order valence-corrected chi connectivity index (χ3v) is 4.82. The Kier molecular flexibility index (Phi) is 7.19. The number of guanidine groups is 1. The lowest BCUT2D eigenvalue weighted by molar-refractivity contribution is -0.137. The highest BCUT2D eigenvalue weighted by atomic mass is 16.5. The van der Waals surface area contributed by atoms with Gasteiger partial charge in [-0.05, 0) is 38.5 Å². The molecule has 1 N–H and O–H groups in total. The van der Waals surface area contributed by atoms with Gasteiger partial charge in [-0.15, -0.1) is 0 Å². The van der Waals surface area contributed by atoms with Crippen molar-refractivity contribution in [3.8, 4) is 0 Å². The Bertz CT molecular complexity index is 961. The number of carbonyl (C=O) groups excluding carboxylic acids is 2. The number of aliphatic imine (C=N–C) groups is 1. The number of hydrogen-bond donors (Lipinski definition) is 1. The van der Waals surface area contributed by atoms with E-state index in [1.165, 1.54) is 12.3 Å². The number of hydrogen-bond acceptors (Lipinski definition) is 6. The number of benzene rings is 1. The number of carbonyl (C=O) groups is 2. The molecule has 1 fully saturated rings. The summed E-state index contributed by atoms with van der Waals surface area (Å²) >= 11 is 0. The Morgan fingerprint density at radius 3 is 2.81 bits per heavy atom. The van der Waals surface area contributed by atoms with Crippen molar-refractivity contribution in [2.45, 2.75) is 20.8 Å². The van der Waals surface area contributed by atoms with Gasteiger partial charge in [0.15, 0.2) is 0 Å². The maximum Gasteiger partial charge on any atom is 0.332 e. The minimum atomic E-state index is -0.455. The molecule has 0 bridgehead atoms. The quantitative estimate of drug-likeness (QED) is 0.575. The third kappa shape index (κ3) is 5.37. The smallest absolute Gasteiger partial charge is 0.332 e. The van der Waals surface area contributed by atoms with Crippen LogP contribution in [0.2, 0.25) is 0 Å². The van der Waals surface area contributed by atoms with Gasteiger partial charge in [-0.25, -0.2) is 15.2 Å². The molecule has 0 unspecified atom stereocenters. The minimum absolute atomic E-state index is 0.0565. The maximum atomic E-state index is 12.9. The average Bonchev–Trinajstić information content (AvgIpc) is 2.75. The summed E-state index contributed by atoms with van der Waals surface area (Å²) < 4.78 is 10.3. The van der Waals surface area contributed by atoms with E-state index >= 15 is 0 Å². The number of aryl methyl sites for hydroxylation is 1. The first-order valence-corrected chi connectivity index (χ1v) is 10.1. The molecule has 1 amide bonds. The van der Waals surface area contributed by atoms with E-state index in [9.17, 15) is 9.59 Å². The molecule has 3 rings (SSSR count). The number of nitrogens with zero attached hydrogens (tertiary/aromatic N) is 4. The van der Waals surface area contributed by atoms with E-state index in [0.29, 0.717) is 54.9 Å². The Morgan fingerprint density at radius 2 is 2.10 bits per heavy atom. The number of ether oxygens (including phenoxy) is 2. The number of allylic oxidation sites excluding steroid dienone is 2. The SMILES string of the molecule is C=C1C=NNC(=Nc2cc(C(=O)N3CCOCC3)ccc2C)N1/C(C)=C/C(=O)OCC. The van der Waals surface area contributed by atoms with Crippen molar-refractivity contribution >= 4 is 29.7 Å². The lowest BCUT2D eigenvalue weighted by Crippen LogP contribution is -2.41. The number of hydrazone groups is 1. The van der Waals surface area contributed by atoms with Crippen LogP contribution in [0.25, 0.3) is 0 Å². The number of nitrogens with one attached hydrogen (secondary N) is 1. The fraction of sp³-hybridized carbons (Fsp3) is 0.364. The third-order valence-electron chi connectivity index (χ3n) is 4.82. The van der Waals surface area contributed by atoms with Gasteiger partial charge < -0.3 is 14.4 Å². The summed E-state index contributed by atoms with van der Waals surface area (Å²) in [6.07, 6.45) is 2.91. The van der Waals surface area contributed by atoms with Crippen molar-refractivity contribution in [2.75, 3.05) is 32.9 Å². The molecule has 9 nitrogen and oxygen atoms in total. The van der Waals surface area contributed by atoms with Gasteiger partial charge >= 0.3 is 5.97 Å². The molecule has 0 radical (unpaired) electrons.